The number of hydrogen-bond donors (Lipinski definition) is 0. The molecule has 0 amide bonds. The molecular weight excluding hydrogens is 325 g/mol. The molecule has 6 heteroatoms. The van der Waals surface area contributed by atoms with E-state index in [1.54, 1.807) is 29.4 Å². The van der Waals surface area contributed by atoms with Crippen molar-refractivity contribution in [3.05, 3.63) is 53.1 Å². The van der Waals surface area contributed by atoms with Gasteiger partial charge >= 0.3 is 6.18 Å². The molecule has 2 aromatic rings. The molecular formula is C17H18ClF3N2. The molecule has 0 aliphatic rings. The van der Waals surface area contributed by atoms with Crippen LogP contribution in [0.25, 0.3) is 11.8 Å². The predicted octanol–water partition coefficient (Wildman–Crippen LogP) is 6.13. The third kappa shape index (κ3) is 4.86. The molecule has 0 spiro atoms. The maximum Gasteiger partial charge on any atom is 0.417 e. The summed E-state index contributed by atoms with van der Waals surface area (Å²) in [6.07, 6.45) is 5.74. The zero-order valence-electron chi connectivity index (χ0n) is 12.8. The first kappa shape index (κ1) is 17.6. The number of aromatic nitrogens is 2. The molecule has 0 bridgehead atoms. The van der Waals surface area contributed by atoms with Crippen molar-refractivity contribution in [1.29, 1.82) is 0 Å². The number of allylic oxidation sites excluding steroid dienone is 1. The number of benzene rings is 1. The van der Waals surface area contributed by atoms with Crippen LogP contribution in [0.5, 0.6) is 0 Å². The van der Waals surface area contributed by atoms with Crippen LogP contribution in [0.4, 0.5) is 13.2 Å². The summed E-state index contributed by atoms with van der Waals surface area (Å²) in [5.74, 6) is 0. The molecule has 0 aliphatic carbocycles. The van der Waals surface area contributed by atoms with Crippen LogP contribution < -0.4 is 0 Å². The Morgan fingerprint density at radius 1 is 1.30 bits per heavy atom. The molecule has 0 N–H and O–H groups in total. The first-order chi connectivity index (χ1) is 10.9. The highest BCUT2D eigenvalue weighted by Crippen LogP contribution is 2.35. The lowest BCUT2D eigenvalue weighted by molar-refractivity contribution is -0.137. The van der Waals surface area contributed by atoms with Gasteiger partial charge in [-0.25, -0.2) is 4.98 Å². The Hall–Kier alpha value is -1.75. The minimum Gasteiger partial charge on any atom is -0.310 e. The van der Waals surface area contributed by atoms with E-state index in [0.717, 1.165) is 31.0 Å². The summed E-state index contributed by atoms with van der Waals surface area (Å²) in [6, 6.07) is 3.84. The van der Waals surface area contributed by atoms with Gasteiger partial charge < -0.3 is 4.57 Å². The Bertz CT molecular complexity index is 661. The van der Waals surface area contributed by atoms with E-state index in [4.69, 9.17) is 11.6 Å². The molecule has 0 fully saturated rings. The number of halogens is 4. The van der Waals surface area contributed by atoms with Crippen molar-refractivity contribution >= 4 is 23.4 Å². The van der Waals surface area contributed by atoms with Crippen LogP contribution >= 0.6 is 11.6 Å². The predicted molar refractivity (Wildman–Crippen MR) is 87.0 cm³/mol. The maximum absolute atomic E-state index is 13.2. The highest BCUT2D eigenvalue weighted by Gasteiger charge is 2.33. The second kappa shape index (κ2) is 7.68. The van der Waals surface area contributed by atoms with Crippen LogP contribution in [0, 0.1) is 0 Å². The fourth-order valence-electron chi connectivity index (χ4n) is 2.34. The van der Waals surface area contributed by atoms with Gasteiger partial charge in [0.2, 0.25) is 0 Å². The van der Waals surface area contributed by atoms with Gasteiger partial charge in [0.25, 0.3) is 0 Å². The van der Waals surface area contributed by atoms with Gasteiger partial charge in [-0.3, -0.25) is 0 Å². The lowest BCUT2D eigenvalue weighted by Crippen LogP contribution is -2.08. The van der Waals surface area contributed by atoms with Crippen molar-refractivity contribution in [3.8, 4) is 0 Å². The zero-order chi connectivity index (χ0) is 16.9. The number of imidazole rings is 1. The van der Waals surface area contributed by atoms with E-state index in [-0.39, 0.29) is 10.6 Å². The average Bonchev–Trinajstić information content (AvgIpc) is 3.01. The van der Waals surface area contributed by atoms with Gasteiger partial charge in [-0.2, -0.15) is 13.2 Å². The van der Waals surface area contributed by atoms with Crippen LogP contribution in [0.3, 0.4) is 0 Å². The van der Waals surface area contributed by atoms with Gasteiger partial charge in [0, 0.05) is 23.1 Å². The third-order valence-corrected chi connectivity index (χ3v) is 3.75. The fourth-order valence-corrected chi connectivity index (χ4v) is 2.51. The van der Waals surface area contributed by atoms with Crippen molar-refractivity contribution in [2.24, 2.45) is 0 Å². The standard InChI is InChI=1S/C17H18ClF3N2/c1-2-3-4-5-15(23-9-8-22-12-23)10-13-6-7-14(18)11-16(13)17(19,20)21/h6-12H,2-5H2,1H3/b15-10+. The van der Waals surface area contributed by atoms with E-state index in [1.165, 1.54) is 12.1 Å². The van der Waals surface area contributed by atoms with E-state index in [1.807, 2.05) is 0 Å². The molecule has 23 heavy (non-hydrogen) atoms. The molecule has 1 heterocycles. The Balaban J connectivity index is 2.42. The molecule has 0 aliphatic heterocycles. The lowest BCUT2D eigenvalue weighted by Gasteiger charge is -2.13. The molecule has 0 radical (unpaired) electrons. The van der Waals surface area contributed by atoms with E-state index < -0.39 is 11.7 Å². The Labute approximate surface area is 138 Å². The molecule has 0 unspecified atom stereocenters. The topological polar surface area (TPSA) is 17.8 Å². The number of hydrogen-bond acceptors (Lipinski definition) is 1. The molecule has 1 aromatic carbocycles. The summed E-state index contributed by atoms with van der Waals surface area (Å²) in [7, 11) is 0. The summed E-state index contributed by atoms with van der Waals surface area (Å²) >= 11 is 5.73. The van der Waals surface area contributed by atoms with Gasteiger partial charge in [0.1, 0.15) is 0 Å². The Morgan fingerprint density at radius 2 is 2.09 bits per heavy atom. The molecule has 0 atom stereocenters. The van der Waals surface area contributed by atoms with Crippen molar-refractivity contribution in [2.45, 2.75) is 38.8 Å². The zero-order valence-corrected chi connectivity index (χ0v) is 13.5. The molecule has 2 rings (SSSR count). The largest absolute Gasteiger partial charge is 0.417 e. The highest BCUT2D eigenvalue weighted by atomic mass is 35.5. The maximum atomic E-state index is 13.2. The number of unbranched alkanes of at least 4 members (excludes halogenated alkanes) is 2. The molecule has 1 aromatic heterocycles. The van der Waals surface area contributed by atoms with E-state index in [9.17, 15) is 13.2 Å². The SMILES string of the molecule is CCCCC/C(=C\c1ccc(Cl)cc1C(F)(F)F)n1ccnc1. The monoisotopic (exact) mass is 342 g/mol. The van der Waals surface area contributed by atoms with E-state index in [2.05, 4.69) is 11.9 Å². The Kier molecular flexibility index (Phi) is 5.88. The van der Waals surface area contributed by atoms with Crippen molar-refractivity contribution < 1.29 is 13.2 Å². The van der Waals surface area contributed by atoms with Crippen molar-refractivity contribution in [1.82, 2.24) is 9.55 Å². The second-order valence-electron chi connectivity index (χ2n) is 5.29. The van der Waals surface area contributed by atoms with Crippen LogP contribution in [-0.4, -0.2) is 9.55 Å². The second-order valence-corrected chi connectivity index (χ2v) is 5.73. The first-order valence-electron chi connectivity index (χ1n) is 7.47. The van der Waals surface area contributed by atoms with Gasteiger partial charge in [0.05, 0.1) is 11.9 Å². The van der Waals surface area contributed by atoms with Crippen LogP contribution in [0.2, 0.25) is 5.02 Å². The van der Waals surface area contributed by atoms with E-state index in [0.29, 0.717) is 6.42 Å². The molecule has 0 saturated carbocycles. The quantitative estimate of drug-likeness (QED) is 0.577. The minimum absolute atomic E-state index is 0.0737. The lowest BCUT2D eigenvalue weighted by atomic mass is 10.0. The molecule has 124 valence electrons. The van der Waals surface area contributed by atoms with Crippen molar-refractivity contribution in [2.75, 3.05) is 0 Å². The summed E-state index contributed by atoms with van der Waals surface area (Å²) in [4.78, 5) is 3.98. The summed E-state index contributed by atoms with van der Waals surface area (Å²) < 4.78 is 41.4. The third-order valence-electron chi connectivity index (χ3n) is 3.52. The fraction of sp³-hybridized carbons (Fsp3) is 0.353. The van der Waals surface area contributed by atoms with Gasteiger partial charge in [-0.05, 0) is 36.6 Å². The number of alkyl halides is 3. The smallest absolute Gasteiger partial charge is 0.310 e. The minimum atomic E-state index is -4.44. The van der Waals surface area contributed by atoms with Crippen LogP contribution in [-0.2, 0) is 6.18 Å². The normalized spacial score (nSPS) is 12.7. The number of nitrogens with zero attached hydrogens (tertiary/aromatic N) is 2. The van der Waals surface area contributed by atoms with Gasteiger partial charge in [-0.15, -0.1) is 0 Å². The van der Waals surface area contributed by atoms with E-state index >= 15 is 0 Å². The molecule has 0 saturated heterocycles. The number of rotatable bonds is 6. The summed E-state index contributed by atoms with van der Waals surface area (Å²) in [6.45, 7) is 2.08. The van der Waals surface area contributed by atoms with Gasteiger partial charge in [-0.1, -0.05) is 37.4 Å². The first-order valence-corrected chi connectivity index (χ1v) is 7.85. The van der Waals surface area contributed by atoms with Crippen LogP contribution in [0.15, 0.2) is 36.9 Å². The van der Waals surface area contributed by atoms with Crippen molar-refractivity contribution in [3.63, 3.8) is 0 Å². The summed E-state index contributed by atoms with van der Waals surface area (Å²) in [5, 5.41) is 0.0737. The van der Waals surface area contributed by atoms with Crippen LogP contribution in [0.1, 0.15) is 43.7 Å². The highest BCUT2D eigenvalue weighted by molar-refractivity contribution is 6.30. The van der Waals surface area contributed by atoms with Gasteiger partial charge in [0.15, 0.2) is 0 Å². The Morgan fingerprint density at radius 3 is 2.70 bits per heavy atom. The molecule has 2 nitrogen and oxygen atoms in total. The average molecular weight is 343 g/mol. The summed E-state index contributed by atoms with van der Waals surface area (Å²) in [5.41, 5.74) is 0.170.